The van der Waals surface area contributed by atoms with E-state index in [0.29, 0.717) is 23.2 Å². The molecule has 0 heterocycles. The van der Waals surface area contributed by atoms with E-state index in [1.54, 1.807) is 44.6 Å². The number of sulfonamides is 1. The molecule has 0 amide bonds. The second-order valence-electron chi connectivity index (χ2n) is 6.02. The van der Waals surface area contributed by atoms with Gasteiger partial charge in [-0.15, -0.1) is 0 Å². The monoisotopic (exact) mass is 379 g/mol. The fourth-order valence-electron chi connectivity index (χ4n) is 2.32. The summed E-state index contributed by atoms with van der Waals surface area (Å²) in [6.07, 6.45) is 0. The van der Waals surface area contributed by atoms with Crippen molar-refractivity contribution in [3.8, 4) is 17.2 Å². The molecule has 2 rings (SSSR count). The van der Waals surface area contributed by atoms with Crippen LogP contribution in [0.1, 0.15) is 25.3 Å². The molecule has 0 fully saturated rings. The summed E-state index contributed by atoms with van der Waals surface area (Å²) >= 11 is 0. The first-order valence-corrected chi connectivity index (χ1v) is 9.79. The van der Waals surface area contributed by atoms with Crippen LogP contribution in [0.2, 0.25) is 0 Å². The van der Waals surface area contributed by atoms with Gasteiger partial charge in [0.05, 0.1) is 19.1 Å². The highest BCUT2D eigenvalue weighted by Gasteiger charge is 2.13. The number of nitrogens with one attached hydrogen (secondary N) is 1. The normalized spacial score (nSPS) is 11.4. The van der Waals surface area contributed by atoms with Gasteiger partial charge in [-0.05, 0) is 23.6 Å². The van der Waals surface area contributed by atoms with Gasteiger partial charge in [0.15, 0.2) is 0 Å². The Morgan fingerprint density at radius 2 is 1.46 bits per heavy atom. The summed E-state index contributed by atoms with van der Waals surface area (Å²) in [4.78, 5) is 0.241. The second-order valence-corrected chi connectivity index (χ2v) is 7.79. The molecule has 26 heavy (non-hydrogen) atoms. The fraction of sp³-hybridized carbons (Fsp3) is 0.368. The van der Waals surface area contributed by atoms with Gasteiger partial charge >= 0.3 is 0 Å². The zero-order valence-electron chi connectivity index (χ0n) is 15.5. The summed E-state index contributed by atoms with van der Waals surface area (Å²) < 4.78 is 43.1. The van der Waals surface area contributed by atoms with Gasteiger partial charge in [-0.25, -0.2) is 13.1 Å². The summed E-state index contributed by atoms with van der Waals surface area (Å²) in [7, 11) is -0.457. The van der Waals surface area contributed by atoms with E-state index in [1.807, 2.05) is 12.1 Å². The lowest BCUT2D eigenvalue weighted by molar-refractivity contribution is 0.316. The van der Waals surface area contributed by atoms with Gasteiger partial charge in [0.1, 0.15) is 23.9 Å². The third kappa shape index (κ3) is 5.37. The van der Waals surface area contributed by atoms with E-state index in [-0.39, 0.29) is 18.0 Å². The summed E-state index contributed by atoms with van der Waals surface area (Å²) in [5.74, 6) is 2.10. The smallest absolute Gasteiger partial charge is 0.240 e. The lowest BCUT2D eigenvalue weighted by Gasteiger charge is -2.11. The lowest BCUT2D eigenvalue weighted by atomic mass is 10.0. The first kappa shape index (κ1) is 20.1. The average molecular weight is 379 g/mol. The predicted molar refractivity (Wildman–Crippen MR) is 101 cm³/mol. The number of methoxy groups -OCH3 is 2. The first-order chi connectivity index (χ1) is 12.4. The van der Waals surface area contributed by atoms with E-state index in [4.69, 9.17) is 14.2 Å². The van der Waals surface area contributed by atoms with Crippen LogP contribution in [0.4, 0.5) is 0 Å². The molecule has 2 aromatic carbocycles. The molecule has 0 spiro atoms. The maximum Gasteiger partial charge on any atom is 0.240 e. The van der Waals surface area contributed by atoms with Crippen LogP contribution >= 0.6 is 0 Å². The van der Waals surface area contributed by atoms with Crippen LogP contribution in [0.25, 0.3) is 0 Å². The number of hydrogen-bond donors (Lipinski definition) is 1. The summed E-state index contributed by atoms with van der Waals surface area (Å²) in [6.45, 7) is 4.45. The zero-order chi connectivity index (χ0) is 19.2. The van der Waals surface area contributed by atoms with Crippen molar-refractivity contribution in [3.63, 3.8) is 0 Å². The number of hydrogen-bond acceptors (Lipinski definition) is 5. The number of ether oxygens (including phenoxy) is 3. The minimum absolute atomic E-state index is 0.147. The molecule has 0 aromatic heterocycles. The molecule has 2 aromatic rings. The predicted octanol–water partition coefficient (Wildman–Crippen LogP) is 3.18. The molecule has 6 nitrogen and oxygen atoms in total. The van der Waals surface area contributed by atoms with E-state index < -0.39 is 10.0 Å². The maximum absolute atomic E-state index is 12.3. The maximum atomic E-state index is 12.3. The second kappa shape index (κ2) is 8.91. The van der Waals surface area contributed by atoms with E-state index in [9.17, 15) is 8.42 Å². The Morgan fingerprint density at radius 3 is 1.96 bits per heavy atom. The molecule has 0 atom stereocenters. The van der Waals surface area contributed by atoms with Crippen molar-refractivity contribution in [2.24, 2.45) is 0 Å². The third-order valence-corrected chi connectivity index (χ3v) is 5.32. The molecule has 1 N–H and O–H groups in total. The molecule has 0 saturated heterocycles. The van der Waals surface area contributed by atoms with Crippen LogP contribution in [0.15, 0.2) is 47.4 Å². The Morgan fingerprint density at radius 1 is 0.923 bits per heavy atom. The molecule has 0 radical (unpaired) electrons. The van der Waals surface area contributed by atoms with Crippen LogP contribution in [-0.2, 0) is 10.0 Å². The van der Waals surface area contributed by atoms with E-state index in [0.717, 1.165) is 5.56 Å². The van der Waals surface area contributed by atoms with Crippen molar-refractivity contribution < 1.29 is 22.6 Å². The van der Waals surface area contributed by atoms with Crippen molar-refractivity contribution in [1.82, 2.24) is 4.72 Å². The van der Waals surface area contributed by atoms with Crippen molar-refractivity contribution in [1.29, 1.82) is 0 Å². The molecule has 0 saturated carbocycles. The Balaban J connectivity index is 1.92. The van der Waals surface area contributed by atoms with E-state index >= 15 is 0 Å². The molecule has 0 bridgehead atoms. The molecule has 7 heteroatoms. The van der Waals surface area contributed by atoms with Gasteiger partial charge in [-0.3, -0.25) is 0 Å². The lowest BCUT2D eigenvalue weighted by Crippen LogP contribution is -2.28. The minimum atomic E-state index is -3.56. The van der Waals surface area contributed by atoms with Crippen molar-refractivity contribution >= 4 is 10.0 Å². The summed E-state index contributed by atoms with van der Waals surface area (Å²) in [5, 5.41) is 0. The van der Waals surface area contributed by atoms with Crippen molar-refractivity contribution in [3.05, 3.63) is 48.0 Å². The third-order valence-electron chi connectivity index (χ3n) is 3.84. The Labute approximate surface area is 155 Å². The van der Waals surface area contributed by atoms with Crippen molar-refractivity contribution in [2.45, 2.75) is 24.7 Å². The largest absolute Gasteiger partial charge is 0.496 e. The van der Waals surface area contributed by atoms with Crippen LogP contribution in [0, 0.1) is 0 Å². The van der Waals surface area contributed by atoms with Crippen molar-refractivity contribution in [2.75, 3.05) is 27.4 Å². The van der Waals surface area contributed by atoms with Crippen LogP contribution in [0.3, 0.4) is 0 Å². The van der Waals surface area contributed by atoms with Crippen LogP contribution < -0.4 is 18.9 Å². The van der Waals surface area contributed by atoms with Gasteiger partial charge in [-0.2, -0.15) is 0 Å². The highest BCUT2D eigenvalue weighted by atomic mass is 32.2. The van der Waals surface area contributed by atoms with Gasteiger partial charge in [-0.1, -0.05) is 26.0 Å². The van der Waals surface area contributed by atoms with Gasteiger partial charge < -0.3 is 14.2 Å². The van der Waals surface area contributed by atoms with E-state index in [2.05, 4.69) is 18.6 Å². The zero-order valence-corrected chi connectivity index (χ0v) is 16.3. The minimum Gasteiger partial charge on any atom is -0.496 e. The highest BCUT2D eigenvalue weighted by Crippen LogP contribution is 2.27. The highest BCUT2D eigenvalue weighted by molar-refractivity contribution is 7.89. The van der Waals surface area contributed by atoms with Gasteiger partial charge in [0, 0.05) is 24.7 Å². The fourth-order valence-corrected chi connectivity index (χ4v) is 3.34. The standard InChI is InChI=1S/C19H25NO5S/c1-14(2)15-5-7-19(8-6-15)26(21,22)20-9-10-25-18-12-16(23-3)11-17(13-18)24-4/h5-8,11-14,20H,9-10H2,1-4H3. The van der Waals surface area contributed by atoms with Gasteiger partial charge in [0.2, 0.25) is 10.0 Å². The van der Waals surface area contributed by atoms with Crippen LogP contribution in [0.5, 0.6) is 17.2 Å². The SMILES string of the molecule is COc1cc(OC)cc(OCCNS(=O)(=O)c2ccc(C(C)C)cc2)c1. The van der Waals surface area contributed by atoms with E-state index in [1.165, 1.54) is 0 Å². The molecule has 0 aliphatic rings. The number of benzene rings is 2. The van der Waals surface area contributed by atoms with Gasteiger partial charge in [0.25, 0.3) is 0 Å². The number of rotatable bonds is 9. The topological polar surface area (TPSA) is 73.9 Å². The molecular weight excluding hydrogens is 354 g/mol. The molecule has 142 valence electrons. The quantitative estimate of drug-likeness (QED) is 0.678. The first-order valence-electron chi connectivity index (χ1n) is 8.31. The Hall–Kier alpha value is -2.25. The van der Waals surface area contributed by atoms with Crippen LogP contribution in [-0.4, -0.2) is 35.8 Å². The molecular formula is C19H25NO5S. The average Bonchev–Trinajstić information content (AvgIpc) is 2.65. The molecule has 0 aliphatic carbocycles. The molecule has 0 aliphatic heterocycles. The molecule has 0 unspecified atom stereocenters. The summed E-state index contributed by atoms with van der Waals surface area (Å²) in [5.41, 5.74) is 1.10. The summed E-state index contributed by atoms with van der Waals surface area (Å²) in [6, 6.07) is 12.0. The Bertz CT molecular complexity index is 794. The Kier molecular flexibility index (Phi) is 6.88.